The van der Waals surface area contributed by atoms with Crippen LogP contribution in [0.2, 0.25) is 0 Å². The van der Waals surface area contributed by atoms with Gasteiger partial charge in [-0.2, -0.15) is 4.98 Å². The molecule has 1 aromatic heterocycles. The van der Waals surface area contributed by atoms with Crippen molar-refractivity contribution < 1.29 is 18.3 Å². The van der Waals surface area contributed by atoms with Crippen molar-refractivity contribution in [3.8, 4) is 11.6 Å². The Bertz CT molecular complexity index is 309. The number of anilines is 1. The first-order chi connectivity index (χ1) is 6.63. The van der Waals surface area contributed by atoms with Crippen LogP contribution in [-0.4, -0.2) is 30.1 Å². The molecule has 0 fully saturated rings. The zero-order chi connectivity index (χ0) is 10.6. The van der Waals surface area contributed by atoms with Crippen LogP contribution in [0.3, 0.4) is 0 Å². The van der Waals surface area contributed by atoms with Gasteiger partial charge in [-0.05, 0) is 0 Å². The van der Waals surface area contributed by atoms with E-state index in [1.165, 1.54) is 13.3 Å². The van der Waals surface area contributed by atoms with E-state index in [0.29, 0.717) is 0 Å². The van der Waals surface area contributed by atoms with Gasteiger partial charge in [0.15, 0.2) is 5.75 Å². The minimum absolute atomic E-state index is 0.00810. The average molecular weight is 205 g/mol. The molecule has 0 unspecified atom stereocenters. The van der Waals surface area contributed by atoms with Crippen LogP contribution in [-0.2, 0) is 0 Å². The van der Waals surface area contributed by atoms with Crippen LogP contribution in [0.15, 0.2) is 6.20 Å². The van der Waals surface area contributed by atoms with Gasteiger partial charge in [0.2, 0.25) is 5.95 Å². The molecule has 0 bridgehead atoms. The molecular weight excluding hydrogens is 196 g/mol. The summed E-state index contributed by atoms with van der Waals surface area (Å²) in [6, 6.07) is 0. The van der Waals surface area contributed by atoms with E-state index < -0.39 is 13.0 Å². The number of ether oxygens (including phenoxy) is 2. The van der Waals surface area contributed by atoms with Crippen LogP contribution < -0.4 is 15.2 Å². The number of methoxy groups -OCH3 is 1. The third-order valence-electron chi connectivity index (χ3n) is 1.30. The quantitative estimate of drug-likeness (QED) is 0.783. The first-order valence-corrected chi connectivity index (χ1v) is 3.71. The van der Waals surface area contributed by atoms with E-state index in [9.17, 15) is 8.78 Å². The Morgan fingerprint density at radius 2 is 2.29 bits per heavy atom. The van der Waals surface area contributed by atoms with Crippen molar-refractivity contribution in [3.05, 3.63) is 6.20 Å². The maximum absolute atomic E-state index is 11.8. The third kappa shape index (κ3) is 2.68. The third-order valence-corrected chi connectivity index (χ3v) is 1.30. The van der Waals surface area contributed by atoms with Crippen LogP contribution in [0.5, 0.6) is 11.6 Å². The van der Waals surface area contributed by atoms with Gasteiger partial charge >= 0.3 is 0 Å². The number of nitrogens with zero attached hydrogens (tertiary/aromatic N) is 2. The standard InChI is InChI=1S/C7H9F2N3O2/c1-13-6-4(14-3-5(8)9)2-11-7(10)12-6/h2,5H,3H2,1H3,(H2,10,11,12). The SMILES string of the molecule is COc1nc(N)ncc1OCC(F)F. The van der Waals surface area contributed by atoms with Gasteiger partial charge in [-0.1, -0.05) is 0 Å². The van der Waals surface area contributed by atoms with Gasteiger partial charge < -0.3 is 15.2 Å². The van der Waals surface area contributed by atoms with Gasteiger partial charge in [0.05, 0.1) is 13.3 Å². The van der Waals surface area contributed by atoms with Crippen molar-refractivity contribution in [2.75, 3.05) is 19.5 Å². The second-order valence-electron chi connectivity index (χ2n) is 2.30. The molecule has 0 aliphatic rings. The number of hydrogen-bond donors (Lipinski definition) is 1. The molecule has 1 aromatic rings. The summed E-state index contributed by atoms with van der Waals surface area (Å²) in [5, 5.41) is 0. The molecule has 0 atom stereocenters. The number of halogens is 2. The molecule has 0 aromatic carbocycles. The highest BCUT2D eigenvalue weighted by atomic mass is 19.3. The Labute approximate surface area is 78.9 Å². The van der Waals surface area contributed by atoms with E-state index in [1.807, 2.05) is 0 Å². The fourth-order valence-electron chi connectivity index (χ4n) is 0.766. The van der Waals surface area contributed by atoms with Crippen LogP contribution in [0.1, 0.15) is 0 Å². The summed E-state index contributed by atoms with van der Waals surface area (Å²) >= 11 is 0. The number of hydrogen-bond acceptors (Lipinski definition) is 5. The Hall–Kier alpha value is -1.66. The van der Waals surface area contributed by atoms with E-state index in [1.54, 1.807) is 0 Å². The molecule has 0 aliphatic heterocycles. The summed E-state index contributed by atoms with van der Waals surface area (Å²) in [4.78, 5) is 7.23. The van der Waals surface area contributed by atoms with E-state index in [2.05, 4.69) is 14.7 Å². The predicted molar refractivity (Wildman–Crippen MR) is 44.5 cm³/mol. The molecule has 78 valence electrons. The molecular formula is C7H9F2N3O2. The molecule has 1 rings (SSSR count). The molecule has 0 spiro atoms. The van der Waals surface area contributed by atoms with E-state index in [-0.39, 0.29) is 17.6 Å². The highest BCUT2D eigenvalue weighted by molar-refractivity contribution is 5.35. The van der Waals surface area contributed by atoms with Crippen LogP contribution in [0.4, 0.5) is 14.7 Å². The lowest BCUT2D eigenvalue weighted by Crippen LogP contribution is -2.09. The summed E-state index contributed by atoms with van der Waals surface area (Å²) in [6.07, 6.45) is -1.37. The lowest BCUT2D eigenvalue weighted by Gasteiger charge is -2.08. The summed E-state index contributed by atoms with van der Waals surface area (Å²) in [5.41, 5.74) is 5.25. The molecule has 5 nitrogen and oxygen atoms in total. The van der Waals surface area contributed by atoms with Crippen molar-refractivity contribution in [1.82, 2.24) is 9.97 Å². The van der Waals surface area contributed by atoms with Crippen molar-refractivity contribution in [2.24, 2.45) is 0 Å². The van der Waals surface area contributed by atoms with Gasteiger partial charge in [0, 0.05) is 0 Å². The van der Waals surface area contributed by atoms with Gasteiger partial charge in [0.25, 0.3) is 12.3 Å². The molecule has 0 amide bonds. The molecule has 2 N–H and O–H groups in total. The normalized spacial score (nSPS) is 10.3. The molecule has 0 saturated carbocycles. The second-order valence-corrected chi connectivity index (χ2v) is 2.30. The fourth-order valence-corrected chi connectivity index (χ4v) is 0.766. The van der Waals surface area contributed by atoms with Crippen LogP contribution >= 0.6 is 0 Å². The lowest BCUT2D eigenvalue weighted by atomic mass is 10.5. The first-order valence-electron chi connectivity index (χ1n) is 3.71. The maximum Gasteiger partial charge on any atom is 0.272 e. The first kappa shape index (κ1) is 10.4. The largest absolute Gasteiger partial charge is 0.481 e. The molecule has 1 heterocycles. The second kappa shape index (κ2) is 4.54. The van der Waals surface area contributed by atoms with E-state index >= 15 is 0 Å². The Morgan fingerprint density at radius 3 is 2.86 bits per heavy atom. The molecule has 0 saturated heterocycles. The highest BCUT2D eigenvalue weighted by Crippen LogP contribution is 2.23. The van der Waals surface area contributed by atoms with Gasteiger partial charge in [-0.3, -0.25) is 0 Å². The van der Waals surface area contributed by atoms with Gasteiger partial charge in [0.1, 0.15) is 6.61 Å². The fraction of sp³-hybridized carbons (Fsp3) is 0.429. The lowest BCUT2D eigenvalue weighted by molar-refractivity contribution is 0.0799. The Balaban J connectivity index is 2.75. The van der Waals surface area contributed by atoms with E-state index in [4.69, 9.17) is 10.5 Å². The van der Waals surface area contributed by atoms with Gasteiger partial charge in [-0.25, -0.2) is 13.8 Å². The number of rotatable bonds is 4. The number of aromatic nitrogens is 2. The molecule has 14 heavy (non-hydrogen) atoms. The van der Waals surface area contributed by atoms with E-state index in [0.717, 1.165) is 0 Å². The van der Waals surface area contributed by atoms with Crippen molar-refractivity contribution >= 4 is 5.95 Å². The number of alkyl halides is 2. The summed E-state index contributed by atoms with van der Waals surface area (Å²) in [7, 11) is 1.33. The Morgan fingerprint density at radius 1 is 1.57 bits per heavy atom. The summed E-state index contributed by atoms with van der Waals surface area (Å²) in [5.74, 6) is 0.0754. The summed E-state index contributed by atoms with van der Waals surface area (Å²) in [6.45, 7) is -0.733. The highest BCUT2D eigenvalue weighted by Gasteiger charge is 2.10. The minimum atomic E-state index is -2.56. The van der Waals surface area contributed by atoms with Gasteiger partial charge in [-0.15, -0.1) is 0 Å². The molecule has 0 aliphatic carbocycles. The molecule has 7 heteroatoms. The minimum Gasteiger partial charge on any atom is -0.481 e. The topological polar surface area (TPSA) is 70.3 Å². The number of nitrogen functional groups attached to an aromatic ring is 1. The number of nitrogens with two attached hydrogens (primary N) is 1. The summed E-state index contributed by atoms with van der Waals surface area (Å²) < 4.78 is 33.1. The van der Waals surface area contributed by atoms with Crippen LogP contribution in [0.25, 0.3) is 0 Å². The smallest absolute Gasteiger partial charge is 0.272 e. The zero-order valence-electron chi connectivity index (χ0n) is 7.41. The zero-order valence-corrected chi connectivity index (χ0v) is 7.41. The predicted octanol–water partition coefficient (Wildman–Crippen LogP) is 0.711. The Kier molecular flexibility index (Phi) is 3.38. The molecule has 0 radical (unpaired) electrons. The van der Waals surface area contributed by atoms with Crippen molar-refractivity contribution in [1.29, 1.82) is 0 Å². The van der Waals surface area contributed by atoms with Crippen molar-refractivity contribution in [3.63, 3.8) is 0 Å². The maximum atomic E-state index is 11.8. The van der Waals surface area contributed by atoms with Crippen molar-refractivity contribution in [2.45, 2.75) is 6.43 Å². The van der Waals surface area contributed by atoms with Crippen LogP contribution in [0, 0.1) is 0 Å². The average Bonchev–Trinajstić information content (AvgIpc) is 2.15. The monoisotopic (exact) mass is 205 g/mol.